The number of phenolic OH excluding ortho intramolecular Hbond substituents is 2. The van der Waals surface area contributed by atoms with E-state index in [1.807, 2.05) is 6.07 Å². The van der Waals surface area contributed by atoms with Crippen LogP contribution in [0.1, 0.15) is 12.0 Å². The van der Waals surface area contributed by atoms with E-state index in [4.69, 9.17) is 5.26 Å². The molecule has 0 unspecified atom stereocenters. The van der Waals surface area contributed by atoms with Gasteiger partial charge in [-0.05, 0) is 17.7 Å². The van der Waals surface area contributed by atoms with Crippen molar-refractivity contribution in [1.29, 1.82) is 5.26 Å². The second-order valence-electron chi connectivity index (χ2n) is 4.14. The third-order valence-electron chi connectivity index (χ3n) is 2.69. The smallest absolute Gasteiger partial charge is 0.315 e. The van der Waals surface area contributed by atoms with Gasteiger partial charge in [0, 0.05) is 25.2 Å². The van der Waals surface area contributed by atoms with Crippen LogP contribution in [-0.4, -0.2) is 33.7 Å². The maximum Gasteiger partial charge on any atom is 0.315 e. The highest BCUT2D eigenvalue weighted by molar-refractivity contribution is 6.09. The van der Waals surface area contributed by atoms with Crippen molar-refractivity contribution >= 4 is 23.8 Å². The zero-order valence-corrected chi connectivity index (χ0v) is 10.7. The number of benzene rings is 1. The average molecular weight is 286 g/mol. The number of nitro groups is 1. The van der Waals surface area contributed by atoms with Crippen LogP contribution in [0.25, 0.3) is 6.08 Å². The molecular formula is C13H10N4O4. The molecule has 0 radical (unpaired) electrons. The fourth-order valence-corrected chi connectivity index (χ4v) is 1.74. The standard InChI is InChI=1S/C13H10N4O4/c14-7-9(13-15-2-1-3-16-13)4-8-5-10(17(20)21)12(19)11(18)6-8/h2,4-6,18-19H,1,3H2/b9-4+. The molecule has 0 aliphatic carbocycles. The van der Waals surface area contributed by atoms with E-state index in [2.05, 4.69) is 9.98 Å². The van der Waals surface area contributed by atoms with Crippen LogP contribution in [0.5, 0.6) is 11.5 Å². The summed E-state index contributed by atoms with van der Waals surface area (Å²) in [6.45, 7) is 0.513. The van der Waals surface area contributed by atoms with Crippen molar-refractivity contribution in [3.05, 3.63) is 33.4 Å². The molecule has 0 atom stereocenters. The van der Waals surface area contributed by atoms with E-state index in [1.54, 1.807) is 6.21 Å². The lowest BCUT2D eigenvalue weighted by Crippen LogP contribution is -2.05. The lowest BCUT2D eigenvalue weighted by atomic mass is 10.1. The number of nitro benzene ring substituents is 1. The Bertz CT molecular complexity index is 728. The Hall–Kier alpha value is -3.21. The van der Waals surface area contributed by atoms with Gasteiger partial charge in [-0.2, -0.15) is 5.26 Å². The third-order valence-corrected chi connectivity index (χ3v) is 2.69. The van der Waals surface area contributed by atoms with Gasteiger partial charge in [0.05, 0.1) is 10.5 Å². The van der Waals surface area contributed by atoms with Gasteiger partial charge in [0.2, 0.25) is 5.75 Å². The molecule has 0 saturated heterocycles. The van der Waals surface area contributed by atoms with Gasteiger partial charge in [-0.15, -0.1) is 0 Å². The van der Waals surface area contributed by atoms with E-state index in [0.29, 0.717) is 13.0 Å². The van der Waals surface area contributed by atoms with E-state index in [9.17, 15) is 20.3 Å². The normalized spacial score (nSPS) is 14.4. The minimum absolute atomic E-state index is 0.116. The molecule has 0 bridgehead atoms. The van der Waals surface area contributed by atoms with Crippen LogP contribution < -0.4 is 0 Å². The first-order chi connectivity index (χ1) is 10.0. The van der Waals surface area contributed by atoms with Crippen LogP contribution in [0.15, 0.2) is 27.7 Å². The van der Waals surface area contributed by atoms with Crippen molar-refractivity contribution in [2.24, 2.45) is 9.98 Å². The van der Waals surface area contributed by atoms with Gasteiger partial charge in [-0.3, -0.25) is 15.1 Å². The molecule has 1 aliphatic heterocycles. The Morgan fingerprint density at radius 3 is 2.81 bits per heavy atom. The highest BCUT2D eigenvalue weighted by Gasteiger charge is 2.19. The van der Waals surface area contributed by atoms with Gasteiger partial charge >= 0.3 is 5.69 Å². The predicted molar refractivity (Wildman–Crippen MR) is 75.4 cm³/mol. The molecule has 1 heterocycles. The summed E-state index contributed by atoms with van der Waals surface area (Å²) in [6.07, 6.45) is 3.63. The minimum atomic E-state index is -0.825. The highest BCUT2D eigenvalue weighted by atomic mass is 16.6. The topological polar surface area (TPSA) is 132 Å². The summed E-state index contributed by atoms with van der Waals surface area (Å²) in [5.41, 5.74) is -0.338. The van der Waals surface area contributed by atoms with Gasteiger partial charge in [0.25, 0.3) is 0 Å². The van der Waals surface area contributed by atoms with Crippen molar-refractivity contribution in [2.45, 2.75) is 6.42 Å². The number of amidine groups is 1. The number of phenols is 2. The van der Waals surface area contributed by atoms with Crippen molar-refractivity contribution in [2.75, 3.05) is 6.54 Å². The Kier molecular flexibility index (Phi) is 3.95. The van der Waals surface area contributed by atoms with Crippen molar-refractivity contribution in [1.82, 2.24) is 0 Å². The second-order valence-corrected chi connectivity index (χ2v) is 4.14. The third kappa shape index (κ3) is 3.03. The molecule has 8 nitrogen and oxygen atoms in total. The molecule has 0 spiro atoms. The SMILES string of the molecule is N#C/C(=C\c1cc(O)c(O)c([N+](=O)[O-])c1)C1=NCCC=N1. The average Bonchev–Trinajstić information content (AvgIpc) is 2.48. The zero-order chi connectivity index (χ0) is 15.4. The Labute approximate surface area is 119 Å². The molecule has 1 aliphatic rings. The summed E-state index contributed by atoms with van der Waals surface area (Å²) in [4.78, 5) is 18.0. The molecular weight excluding hydrogens is 276 g/mol. The first-order valence-electron chi connectivity index (χ1n) is 5.92. The first kappa shape index (κ1) is 14.2. The number of hydrogen-bond acceptors (Lipinski definition) is 7. The van der Waals surface area contributed by atoms with Gasteiger partial charge in [-0.25, -0.2) is 4.99 Å². The van der Waals surface area contributed by atoms with Crippen LogP contribution in [0.3, 0.4) is 0 Å². The van der Waals surface area contributed by atoms with E-state index < -0.39 is 22.1 Å². The lowest BCUT2D eigenvalue weighted by Gasteiger charge is -2.05. The number of nitrogens with zero attached hydrogens (tertiary/aromatic N) is 4. The van der Waals surface area contributed by atoms with Gasteiger partial charge in [-0.1, -0.05) is 0 Å². The van der Waals surface area contributed by atoms with Crippen LogP contribution in [-0.2, 0) is 0 Å². The van der Waals surface area contributed by atoms with E-state index in [1.165, 1.54) is 6.08 Å². The van der Waals surface area contributed by atoms with Crippen LogP contribution in [0.2, 0.25) is 0 Å². The van der Waals surface area contributed by atoms with Crippen molar-refractivity contribution in [3.63, 3.8) is 0 Å². The first-order valence-corrected chi connectivity index (χ1v) is 5.92. The van der Waals surface area contributed by atoms with E-state index in [0.717, 1.165) is 12.1 Å². The van der Waals surface area contributed by atoms with Gasteiger partial charge in [0.1, 0.15) is 6.07 Å². The summed E-state index contributed by atoms with van der Waals surface area (Å²) < 4.78 is 0. The minimum Gasteiger partial charge on any atom is -0.504 e. The van der Waals surface area contributed by atoms with Crippen molar-refractivity contribution < 1.29 is 15.1 Å². The highest BCUT2D eigenvalue weighted by Crippen LogP contribution is 2.36. The monoisotopic (exact) mass is 286 g/mol. The van der Waals surface area contributed by atoms with E-state index >= 15 is 0 Å². The van der Waals surface area contributed by atoms with Crippen LogP contribution in [0.4, 0.5) is 5.69 Å². The number of aromatic hydroxyl groups is 2. The summed E-state index contributed by atoms with van der Waals surface area (Å²) in [6, 6.07) is 4.08. The second kappa shape index (κ2) is 5.83. The maximum absolute atomic E-state index is 10.8. The molecule has 0 saturated carbocycles. The molecule has 0 fully saturated rings. The van der Waals surface area contributed by atoms with Crippen molar-refractivity contribution in [3.8, 4) is 17.6 Å². The molecule has 1 aromatic carbocycles. The fraction of sp³-hybridized carbons (Fsp3) is 0.154. The predicted octanol–water partition coefficient (Wildman–Crippen LogP) is 1.79. The number of rotatable bonds is 3. The van der Waals surface area contributed by atoms with E-state index in [-0.39, 0.29) is 17.0 Å². The Morgan fingerprint density at radius 1 is 1.48 bits per heavy atom. The molecule has 8 heteroatoms. The maximum atomic E-state index is 10.8. The summed E-state index contributed by atoms with van der Waals surface area (Å²) >= 11 is 0. The number of hydrogen-bond donors (Lipinski definition) is 2. The quantitative estimate of drug-likeness (QED) is 0.378. The molecule has 2 N–H and O–H groups in total. The van der Waals surface area contributed by atoms with Gasteiger partial charge in [0.15, 0.2) is 11.6 Å². The van der Waals surface area contributed by atoms with Crippen LogP contribution >= 0.6 is 0 Å². The van der Waals surface area contributed by atoms with Crippen LogP contribution in [0, 0.1) is 21.4 Å². The lowest BCUT2D eigenvalue weighted by molar-refractivity contribution is -0.386. The summed E-state index contributed by atoms with van der Waals surface area (Å²) in [7, 11) is 0. The number of aliphatic imine (C=N–C) groups is 2. The summed E-state index contributed by atoms with van der Waals surface area (Å²) in [5, 5.41) is 38.8. The molecule has 2 rings (SSSR count). The Balaban J connectivity index is 2.49. The fourth-order valence-electron chi connectivity index (χ4n) is 1.74. The summed E-state index contributed by atoms with van der Waals surface area (Å²) in [5.74, 6) is -1.22. The Morgan fingerprint density at radius 2 is 2.24 bits per heavy atom. The molecule has 1 aromatic rings. The molecule has 106 valence electrons. The molecule has 0 aromatic heterocycles. The molecule has 0 amide bonds. The number of nitriles is 1. The zero-order valence-electron chi connectivity index (χ0n) is 10.7. The molecule has 21 heavy (non-hydrogen) atoms. The largest absolute Gasteiger partial charge is 0.504 e. The van der Waals surface area contributed by atoms with Gasteiger partial charge < -0.3 is 10.2 Å².